The lowest BCUT2D eigenvalue weighted by atomic mass is 10.1. The molecule has 2 aromatic rings. The molecule has 0 bridgehead atoms. The maximum Gasteiger partial charge on any atom is 0.338 e. The number of ether oxygens (including phenoxy) is 2. The Labute approximate surface area is 199 Å². The van der Waals surface area contributed by atoms with E-state index in [4.69, 9.17) is 9.47 Å². The minimum absolute atomic E-state index is 0.198. The van der Waals surface area contributed by atoms with Crippen LogP contribution in [0.1, 0.15) is 43.6 Å². The van der Waals surface area contributed by atoms with Crippen LogP contribution in [0.25, 0.3) is 0 Å². The lowest BCUT2D eigenvalue weighted by molar-refractivity contribution is -0.153. The van der Waals surface area contributed by atoms with Crippen molar-refractivity contribution in [1.82, 2.24) is 5.32 Å². The third-order valence-corrected chi connectivity index (χ3v) is 4.35. The van der Waals surface area contributed by atoms with Gasteiger partial charge in [-0.05, 0) is 70.5 Å². The molecule has 0 aliphatic rings. The molecule has 0 heterocycles. The van der Waals surface area contributed by atoms with Crippen LogP contribution in [0.5, 0.6) is 0 Å². The van der Waals surface area contributed by atoms with E-state index in [-0.39, 0.29) is 18.7 Å². The number of hydrogen-bond donors (Lipinski definition) is 2. The van der Waals surface area contributed by atoms with Gasteiger partial charge in [-0.15, -0.1) is 0 Å². The lowest BCUT2D eigenvalue weighted by Crippen LogP contribution is -2.45. The zero-order valence-corrected chi connectivity index (χ0v) is 20.1. The van der Waals surface area contributed by atoms with Crippen molar-refractivity contribution in [3.8, 4) is 0 Å². The highest BCUT2D eigenvalue weighted by atomic mass is 16.6. The second-order valence-electron chi connectivity index (χ2n) is 8.51. The molecule has 2 rings (SSSR count). The molecule has 0 saturated heterocycles. The summed E-state index contributed by atoms with van der Waals surface area (Å²) in [7, 11) is 0. The first-order valence-electron chi connectivity index (χ1n) is 10.9. The summed E-state index contributed by atoms with van der Waals surface area (Å²) in [6.07, 6.45) is 0. The molecule has 182 valence electrons. The number of carbonyl (C=O) groups excluding carboxylic acids is 4. The Kier molecular flexibility index (Phi) is 9.18. The maximum absolute atomic E-state index is 13.0. The maximum atomic E-state index is 13.0. The summed E-state index contributed by atoms with van der Waals surface area (Å²) in [5.74, 6) is -1.75. The average Bonchev–Trinajstić information content (AvgIpc) is 2.75. The molecule has 2 aromatic carbocycles. The summed E-state index contributed by atoms with van der Waals surface area (Å²) < 4.78 is 10.4. The van der Waals surface area contributed by atoms with E-state index in [0.29, 0.717) is 11.4 Å². The Morgan fingerprint density at radius 2 is 1.71 bits per heavy atom. The quantitative estimate of drug-likeness (QED) is 0.570. The molecule has 0 atom stereocenters. The summed E-state index contributed by atoms with van der Waals surface area (Å²) in [5, 5.41) is 5.15. The molecule has 0 spiro atoms. The van der Waals surface area contributed by atoms with Crippen LogP contribution in [0.3, 0.4) is 0 Å². The average molecular weight is 470 g/mol. The summed E-state index contributed by atoms with van der Waals surface area (Å²) >= 11 is 0. The van der Waals surface area contributed by atoms with Crippen LogP contribution in [-0.2, 0) is 19.1 Å². The van der Waals surface area contributed by atoms with E-state index in [1.165, 1.54) is 6.07 Å². The SMILES string of the molecule is CCOC(=O)c1cccc(N(CC(=O)OC(C)(C)C)C(=O)CNC(=O)Nc2cccc(C)c2)c1. The van der Waals surface area contributed by atoms with Gasteiger partial charge in [0.2, 0.25) is 5.91 Å². The van der Waals surface area contributed by atoms with Gasteiger partial charge in [0.15, 0.2) is 0 Å². The number of esters is 2. The number of carbonyl (C=O) groups is 4. The predicted molar refractivity (Wildman–Crippen MR) is 129 cm³/mol. The molecular formula is C25H31N3O6. The van der Waals surface area contributed by atoms with Crippen molar-refractivity contribution in [3.05, 3.63) is 59.7 Å². The molecule has 0 radical (unpaired) electrons. The first-order chi connectivity index (χ1) is 16.0. The molecule has 9 nitrogen and oxygen atoms in total. The highest BCUT2D eigenvalue weighted by Gasteiger charge is 2.24. The molecule has 9 heteroatoms. The minimum atomic E-state index is -0.746. The number of hydrogen-bond acceptors (Lipinski definition) is 6. The van der Waals surface area contributed by atoms with Crippen molar-refractivity contribution in [2.75, 3.05) is 29.9 Å². The number of anilines is 2. The fraction of sp³-hybridized carbons (Fsp3) is 0.360. The predicted octanol–water partition coefficient (Wildman–Crippen LogP) is 3.67. The highest BCUT2D eigenvalue weighted by Crippen LogP contribution is 2.19. The van der Waals surface area contributed by atoms with Crippen LogP contribution >= 0.6 is 0 Å². The zero-order chi connectivity index (χ0) is 25.3. The van der Waals surface area contributed by atoms with Gasteiger partial charge in [0.1, 0.15) is 12.1 Å². The molecule has 0 unspecified atom stereocenters. The van der Waals surface area contributed by atoms with Crippen molar-refractivity contribution in [3.63, 3.8) is 0 Å². The largest absolute Gasteiger partial charge is 0.462 e. The fourth-order valence-electron chi connectivity index (χ4n) is 2.99. The fourth-order valence-corrected chi connectivity index (χ4v) is 2.99. The molecule has 0 saturated carbocycles. The van der Waals surface area contributed by atoms with E-state index < -0.39 is 36.0 Å². The molecule has 0 fully saturated rings. The monoisotopic (exact) mass is 469 g/mol. The van der Waals surface area contributed by atoms with Gasteiger partial charge in [-0.25, -0.2) is 9.59 Å². The second-order valence-corrected chi connectivity index (χ2v) is 8.51. The van der Waals surface area contributed by atoms with E-state index in [1.807, 2.05) is 13.0 Å². The van der Waals surface area contributed by atoms with Crippen LogP contribution in [0, 0.1) is 6.92 Å². The summed E-state index contributed by atoms with van der Waals surface area (Å²) in [5.41, 5.74) is 1.33. The van der Waals surface area contributed by atoms with Gasteiger partial charge < -0.3 is 20.1 Å². The van der Waals surface area contributed by atoms with Crippen molar-refractivity contribution in [1.29, 1.82) is 0 Å². The normalized spacial score (nSPS) is 10.7. The van der Waals surface area contributed by atoms with Crippen LogP contribution in [0.15, 0.2) is 48.5 Å². The Hall–Kier alpha value is -3.88. The molecule has 0 aliphatic carbocycles. The smallest absolute Gasteiger partial charge is 0.338 e. The second kappa shape index (κ2) is 11.8. The molecular weight excluding hydrogens is 438 g/mol. The number of nitrogens with zero attached hydrogens (tertiary/aromatic N) is 1. The Bertz CT molecular complexity index is 1040. The van der Waals surface area contributed by atoms with Crippen molar-refractivity contribution >= 4 is 35.3 Å². The van der Waals surface area contributed by atoms with Gasteiger partial charge in [-0.3, -0.25) is 14.5 Å². The Morgan fingerprint density at radius 3 is 2.35 bits per heavy atom. The van der Waals surface area contributed by atoms with E-state index in [2.05, 4.69) is 10.6 Å². The first-order valence-corrected chi connectivity index (χ1v) is 10.9. The number of benzene rings is 2. The summed E-state index contributed by atoms with van der Waals surface area (Å²) in [6.45, 7) is 8.15. The molecule has 0 aliphatic heterocycles. The van der Waals surface area contributed by atoms with E-state index >= 15 is 0 Å². The van der Waals surface area contributed by atoms with Gasteiger partial charge >= 0.3 is 18.0 Å². The van der Waals surface area contributed by atoms with Crippen molar-refractivity contribution in [2.45, 2.75) is 40.2 Å². The van der Waals surface area contributed by atoms with Gasteiger partial charge in [0.25, 0.3) is 0 Å². The Balaban J connectivity index is 2.17. The number of rotatable bonds is 8. The van der Waals surface area contributed by atoms with Gasteiger partial charge in [0, 0.05) is 11.4 Å². The zero-order valence-electron chi connectivity index (χ0n) is 20.1. The number of amides is 3. The van der Waals surface area contributed by atoms with Crippen LogP contribution < -0.4 is 15.5 Å². The lowest BCUT2D eigenvalue weighted by Gasteiger charge is -2.25. The minimum Gasteiger partial charge on any atom is -0.462 e. The van der Waals surface area contributed by atoms with E-state index in [0.717, 1.165) is 10.5 Å². The highest BCUT2D eigenvalue weighted by molar-refractivity contribution is 6.02. The number of urea groups is 1. The number of aryl methyl sites for hydroxylation is 1. The van der Waals surface area contributed by atoms with Crippen LogP contribution in [0.2, 0.25) is 0 Å². The molecule has 0 aromatic heterocycles. The first kappa shape index (κ1) is 26.4. The molecule has 34 heavy (non-hydrogen) atoms. The molecule has 3 amide bonds. The summed E-state index contributed by atoms with van der Waals surface area (Å²) in [4.78, 5) is 51.0. The van der Waals surface area contributed by atoms with Crippen LogP contribution in [0.4, 0.5) is 16.2 Å². The summed E-state index contributed by atoms with van der Waals surface area (Å²) in [6, 6.07) is 12.8. The number of nitrogens with one attached hydrogen (secondary N) is 2. The van der Waals surface area contributed by atoms with Gasteiger partial charge in [-0.2, -0.15) is 0 Å². The van der Waals surface area contributed by atoms with E-state index in [1.54, 1.807) is 64.1 Å². The van der Waals surface area contributed by atoms with E-state index in [9.17, 15) is 19.2 Å². The molecule has 2 N–H and O–H groups in total. The third-order valence-electron chi connectivity index (χ3n) is 4.35. The van der Waals surface area contributed by atoms with Crippen LogP contribution in [-0.4, -0.2) is 49.2 Å². The van der Waals surface area contributed by atoms with Gasteiger partial charge in [0.05, 0.1) is 18.7 Å². The van der Waals surface area contributed by atoms with Gasteiger partial charge in [-0.1, -0.05) is 18.2 Å². The Morgan fingerprint density at radius 1 is 1.00 bits per heavy atom. The van der Waals surface area contributed by atoms with Crippen molar-refractivity contribution < 1.29 is 28.7 Å². The topological polar surface area (TPSA) is 114 Å². The standard InChI is InChI=1S/C25H31N3O6/c1-6-33-23(31)18-10-8-12-20(14-18)28(16-22(30)34-25(3,4)5)21(29)15-26-24(32)27-19-11-7-9-17(2)13-19/h7-14H,6,15-16H2,1-5H3,(H2,26,27,32). The van der Waals surface area contributed by atoms with Crippen molar-refractivity contribution in [2.24, 2.45) is 0 Å². The third kappa shape index (κ3) is 8.57.